The zero-order valence-electron chi connectivity index (χ0n) is 11.0. The Morgan fingerprint density at radius 1 is 1.50 bits per heavy atom. The summed E-state index contributed by atoms with van der Waals surface area (Å²) in [5.74, 6) is 0.353. The van der Waals surface area contributed by atoms with Gasteiger partial charge in [-0.3, -0.25) is 0 Å². The first-order chi connectivity index (χ1) is 9.35. The van der Waals surface area contributed by atoms with Crippen LogP contribution in [-0.2, 0) is 9.84 Å². The fourth-order valence-corrected chi connectivity index (χ4v) is 4.15. The summed E-state index contributed by atoms with van der Waals surface area (Å²) in [6, 6.07) is 2.89. The predicted octanol–water partition coefficient (Wildman–Crippen LogP) is 1.60. The quantitative estimate of drug-likeness (QED) is 0.829. The number of hydrogen-bond acceptors (Lipinski definition) is 4. The third-order valence-electron chi connectivity index (χ3n) is 3.18. The molecule has 6 nitrogen and oxygen atoms in total. The van der Waals surface area contributed by atoms with Crippen molar-refractivity contribution in [3.63, 3.8) is 0 Å². The minimum Gasteiger partial charge on any atom is -0.338 e. The average molecular weight is 318 g/mol. The largest absolute Gasteiger partial charge is 0.338 e. The number of anilines is 1. The topological polar surface area (TPSA) is 88.2 Å². The molecule has 20 heavy (non-hydrogen) atoms. The fourth-order valence-electron chi connectivity index (χ4n) is 2.10. The summed E-state index contributed by atoms with van der Waals surface area (Å²) in [5, 5.41) is 5.70. The highest BCUT2D eigenvalue weighted by molar-refractivity contribution is 7.91. The minimum atomic E-state index is -2.91. The predicted molar refractivity (Wildman–Crippen MR) is 77.8 cm³/mol. The van der Waals surface area contributed by atoms with Gasteiger partial charge >= 0.3 is 6.03 Å². The van der Waals surface area contributed by atoms with Crippen LogP contribution in [0.15, 0.2) is 12.1 Å². The zero-order chi connectivity index (χ0) is 14.8. The van der Waals surface area contributed by atoms with E-state index in [0.29, 0.717) is 29.5 Å². The first-order valence-electron chi connectivity index (χ1n) is 6.24. The number of nitrogens with one attached hydrogen (secondary N) is 2. The number of amides is 2. The molecular formula is C12H16ClN3O3S. The molecule has 2 heterocycles. The highest BCUT2D eigenvalue weighted by Crippen LogP contribution is 2.18. The molecule has 0 aromatic carbocycles. The zero-order valence-corrected chi connectivity index (χ0v) is 12.6. The number of aromatic nitrogens is 1. The summed E-state index contributed by atoms with van der Waals surface area (Å²) in [5.41, 5.74) is 1.20. The minimum absolute atomic E-state index is 0.00445. The molecule has 1 aromatic heterocycles. The third-order valence-corrected chi connectivity index (χ3v) is 5.23. The van der Waals surface area contributed by atoms with Crippen LogP contribution in [0.3, 0.4) is 0 Å². The van der Waals surface area contributed by atoms with Gasteiger partial charge in [-0.2, -0.15) is 0 Å². The second kappa shape index (κ2) is 5.97. The molecule has 1 unspecified atom stereocenters. The van der Waals surface area contributed by atoms with Crippen molar-refractivity contribution in [3.05, 3.63) is 23.0 Å². The van der Waals surface area contributed by atoms with Crippen LogP contribution in [-0.4, -0.2) is 37.5 Å². The normalized spacial score (nSPS) is 20.6. The van der Waals surface area contributed by atoms with Crippen molar-refractivity contribution in [2.75, 3.05) is 23.4 Å². The Kier molecular flexibility index (Phi) is 4.49. The molecule has 0 radical (unpaired) electrons. The maximum Gasteiger partial charge on any atom is 0.319 e. The first kappa shape index (κ1) is 15.1. The number of aryl methyl sites for hydroxylation is 1. The van der Waals surface area contributed by atoms with Gasteiger partial charge in [0.25, 0.3) is 0 Å². The molecule has 8 heteroatoms. The van der Waals surface area contributed by atoms with E-state index in [1.165, 1.54) is 0 Å². The Labute approximate surface area is 122 Å². The van der Waals surface area contributed by atoms with E-state index < -0.39 is 9.84 Å². The van der Waals surface area contributed by atoms with Gasteiger partial charge in [0.15, 0.2) is 9.84 Å². The molecule has 1 atom stereocenters. The SMILES string of the molecule is Cc1nc(Cl)ccc1NC(=O)NCC1CCS(=O)(=O)C1. The van der Waals surface area contributed by atoms with E-state index in [4.69, 9.17) is 11.6 Å². The molecule has 1 aromatic rings. The van der Waals surface area contributed by atoms with Crippen LogP contribution < -0.4 is 10.6 Å². The molecule has 0 bridgehead atoms. The van der Waals surface area contributed by atoms with Crippen LogP contribution in [0.1, 0.15) is 12.1 Å². The first-order valence-corrected chi connectivity index (χ1v) is 8.44. The summed E-state index contributed by atoms with van der Waals surface area (Å²) in [4.78, 5) is 15.8. The van der Waals surface area contributed by atoms with Gasteiger partial charge in [0.1, 0.15) is 5.15 Å². The molecule has 1 aliphatic heterocycles. The average Bonchev–Trinajstić information content (AvgIpc) is 2.70. The highest BCUT2D eigenvalue weighted by Gasteiger charge is 2.27. The van der Waals surface area contributed by atoms with Gasteiger partial charge in [-0.1, -0.05) is 11.6 Å². The number of hydrogen-bond donors (Lipinski definition) is 2. The molecule has 110 valence electrons. The van der Waals surface area contributed by atoms with Crippen LogP contribution in [0.25, 0.3) is 0 Å². The van der Waals surface area contributed by atoms with E-state index in [0.717, 1.165) is 0 Å². The van der Waals surface area contributed by atoms with Crippen molar-refractivity contribution in [2.24, 2.45) is 5.92 Å². The van der Waals surface area contributed by atoms with Crippen molar-refractivity contribution < 1.29 is 13.2 Å². The van der Waals surface area contributed by atoms with Crippen LogP contribution in [0.5, 0.6) is 0 Å². The van der Waals surface area contributed by atoms with Gasteiger partial charge in [-0.15, -0.1) is 0 Å². The monoisotopic (exact) mass is 317 g/mol. The van der Waals surface area contributed by atoms with Gasteiger partial charge in [0.2, 0.25) is 0 Å². The summed E-state index contributed by atoms with van der Waals surface area (Å²) in [6.07, 6.45) is 0.601. The number of sulfone groups is 1. The van der Waals surface area contributed by atoms with E-state index >= 15 is 0 Å². The third kappa shape index (κ3) is 4.08. The molecule has 2 rings (SSSR count). The summed E-state index contributed by atoms with van der Waals surface area (Å²) < 4.78 is 22.6. The number of nitrogens with zero attached hydrogens (tertiary/aromatic N) is 1. The van der Waals surface area contributed by atoms with E-state index in [9.17, 15) is 13.2 Å². The van der Waals surface area contributed by atoms with Crippen molar-refractivity contribution >= 4 is 33.2 Å². The molecule has 0 aliphatic carbocycles. The maximum atomic E-state index is 11.7. The van der Waals surface area contributed by atoms with Gasteiger partial charge in [-0.05, 0) is 31.4 Å². The number of carbonyl (C=O) groups is 1. The van der Waals surface area contributed by atoms with Gasteiger partial charge < -0.3 is 10.6 Å². The standard InChI is InChI=1S/C12H16ClN3O3S/c1-8-10(2-3-11(13)15-8)16-12(17)14-6-9-4-5-20(18,19)7-9/h2-3,9H,4-7H2,1H3,(H2,14,16,17). The number of rotatable bonds is 3. The maximum absolute atomic E-state index is 11.7. The molecule has 1 fully saturated rings. The second-order valence-electron chi connectivity index (χ2n) is 4.87. The van der Waals surface area contributed by atoms with Gasteiger partial charge in [0.05, 0.1) is 22.9 Å². The molecule has 0 saturated carbocycles. The van der Waals surface area contributed by atoms with E-state index in [-0.39, 0.29) is 23.5 Å². The second-order valence-corrected chi connectivity index (χ2v) is 7.49. The molecule has 0 spiro atoms. The molecule has 2 N–H and O–H groups in total. The lowest BCUT2D eigenvalue weighted by Gasteiger charge is -2.12. The Morgan fingerprint density at radius 3 is 2.85 bits per heavy atom. The van der Waals surface area contributed by atoms with E-state index in [1.807, 2.05) is 0 Å². The van der Waals surface area contributed by atoms with Crippen molar-refractivity contribution in [3.8, 4) is 0 Å². The number of urea groups is 1. The highest BCUT2D eigenvalue weighted by atomic mass is 35.5. The van der Waals surface area contributed by atoms with Crippen molar-refractivity contribution in [1.29, 1.82) is 0 Å². The van der Waals surface area contributed by atoms with E-state index in [2.05, 4.69) is 15.6 Å². The van der Waals surface area contributed by atoms with Crippen LogP contribution in [0.2, 0.25) is 5.15 Å². The van der Waals surface area contributed by atoms with E-state index in [1.54, 1.807) is 19.1 Å². The number of pyridine rings is 1. The fraction of sp³-hybridized carbons (Fsp3) is 0.500. The van der Waals surface area contributed by atoms with Gasteiger partial charge in [-0.25, -0.2) is 18.2 Å². The number of halogens is 1. The van der Waals surface area contributed by atoms with Crippen molar-refractivity contribution in [2.45, 2.75) is 13.3 Å². The molecular weight excluding hydrogens is 302 g/mol. The summed E-state index contributed by atoms with van der Waals surface area (Å²) >= 11 is 5.73. The Balaban J connectivity index is 1.84. The molecule has 2 amide bonds. The lowest BCUT2D eigenvalue weighted by molar-refractivity contribution is 0.250. The number of carbonyl (C=O) groups excluding carboxylic acids is 1. The van der Waals surface area contributed by atoms with Gasteiger partial charge in [0, 0.05) is 6.54 Å². The molecule has 1 saturated heterocycles. The van der Waals surface area contributed by atoms with Crippen molar-refractivity contribution in [1.82, 2.24) is 10.3 Å². The van der Waals surface area contributed by atoms with Crippen LogP contribution in [0, 0.1) is 12.8 Å². The smallest absolute Gasteiger partial charge is 0.319 e. The lowest BCUT2D eigenvalue weighted by atomic mass is 10.1. The Morgan fingerprint density at radius 2 is 2.25 bits per heavy atom. The molecule has 1 aliphatic rings. The Hall–Kier alpha value is -1.34. The summed E-state index contributed by atoms with van der Waals surface area (Å²) in [6.45, 7) is 2.09. The van der Waals surface area contributed by atoms with Crippen LogP contribution in [0.4, 0.5) is 10.5 Å². The lowest BCUT2D eigenvalue weighted by Crippen LogP contribution is -2.33. The Bertz CT molecular complexity index is 618. The van der Waals surface area contributed by atoms with Crippen LogP contribution >= 0.6 is 11.6 Å². The summed E-state index contributed by atoms with van der Waals surface area (Å²) in [7, 11) is -2.91.